The van der Waals surface area contributed by atoms with E-state index in [1.807, 2.05) is 43.3 Å². The highest BCUT2D eigenvalue weighted by Gasteiger charge is 2.37. The Labute approximate surface area is 218 Å². The molecule has 0 bridgehead atoms. The third-order valence-electron chi connectivity index (χ3n) is 6.77. The molecule has 2 aliphatic heterocycles. The predicted octanol–water partition coefficient (Wildman–Crippen LogP) is 6.97. The Kier molecular flexibility index (Phi) is 8.20. The quantitative estimate of drug-likeness (QED) is 0.285. The summed E-state index contributed by atoms with van der Waals surface area (Å²) in [7, 11) is 0. The summed E-state index contributed by atoms with van der Waals surface area (Å²) in [5.41, 5.74) is 3.28. The van der Waals surface area contributed by atoms with E-state index in [4.69, 9.17) is 9.73 Å². The van der Waals surface area contributed by atoms with E-state index < -0.39 is 0 Å². The Morgan fingerprint density at radius 1 is 1.19 bits per heavy atom. The Morgan fingerprint density at radius 3 is 2.64 bits per heavy atom. The van der Waals surface area contributed by atoms with Gasteiger partial charge in [-0.15, -0.1) is 0 Å². The van der Waals surface area contributed by atoms with Gasteiger partial charge in [0.15, 0.2) is 5.17 Å². The minimum Gasteiger partial charge on any atom is -0.380 e. The van der Waals surface area contributed by atoms with E-state index in [0.29, 0.717) is 41.3 Å². The van der Waals surface area contributed by atoms with Gasteiger partial charge in [-0.25, -0.2) is 9.38 Å². The number of halogens is 1. The molecule has 2 aliphatic rings. The zero-order valence-electron chi connectivity index (χ0n) is 21.9. The van der Waals surface area contributed by atoms with Crippen molar-refractivity contribution in [3.8, 4) is 0 Å². The summed E-state index contributed by atoms with van der Waals surface area (Å²) >= 11 is 1.28. The van der Waals surface area contributed by atoms with Crippen molar-refractivity contribution in [1.82, 2.24) is 4.90 Å². The van der Waals surface area contributed by atoms with Crippen molar-refractivity contribution in [2.45, 2.75) is 58.9 Å². The lowest BCUT2D eigenvalue weighted by atomic mass is 9.79. The summed E-state index contributed by atoms with van der Waals surface area (Å²) in [6.07, 6.45) is 3.67. The van der Waals surface area contributed by atoms with Crippen molar-refractivity contribution in [2.24, 2.45) is 4.99 Å². The predicted molar refractivity (Wildman–Crippen MR) is 148 cm³/mol. The number of hydrogen-bond acceptors (Lipinski definition) is 5. The summed E-state index contributed by atoms with van der Waals surface area (Å²) in [6.45, 7) is 13.0. The Morgan fingerprint density at radius 2 is 1.94 bits per heavy atom. The van der Waals surface area contributed by atoms with Gasteiger partial charge in [-0.3, -0.25) is 9.69 Å². The fourth-order valence-corrected chi connectivity index (χ4v) is 6.14. The molecule has 5 nitrogen and oxygen atoms in total. The van der Waals surface area contributed by atoms with E-state index in [0.717, 1.165) is 36.3 Å². The number of benzene rings is 2. The monoisotopic (exact) mass is 509 g/mol. The first kappa shape index (κ1) is 26.4. The summed E-state index contributed by atoms with van der Waals surface area (Å²) in [5.74, 6) is -0.186. The number of ether oxygens (including phenoxy) is 1. The van der Waals surface area contributed by atoms with Crippen molar-refractivity contribution in [1.29, 1.82) is 0 Å². The first-order valence-corrected chi connectivity index (χ1v) is 13.6. The Hall–Kier alpha value is -2.64. The zero-order chi connectivity index (χ0) is 25.9. The SMILES string of the molecule is CCCN1c2cc(F)c(/C=C3/SC(=Nc4ccccc4)N(CCOCC)C3=O)cc2C(C)CC1(C)C. The minimum absolute atomic E-state index is 0.0318. The van der Waals surface area contributed by atoms with Gasteiger partial charge in [0, 0.05) is 29.9 Å². The van der Waals surface area contributed by atoms with Crippen LogP contribution in [0.3, 0.4) is 0 Å². The number of carbonyl (C=O) groups is 1. The number of hydrogen-bond donors (Lipinski definition) is 0. The van der Waals surface area contributed by atoms with E-state index >= 15 is 4.39 Å². The number of carbonyl (C=O) groups excluding carboxylic acids is 1. The zero-order valence-corrected chi connectivity index (χ0v) is 22.7. The Balaban J connectivity index is 1.70. The van der Waals surface area contributed by atoms with E-state index in [-0.39, 0.29) is 17.3 Å². The van der Waals surface area contributed by atoms with Gasteiger partial charge in [0.1, 0.15) is 5.82 Å². The van der Waals surface area contributed by atoms with Crippen LogP contribution in [0, 0.1) is 5.82 Å². The van der Waals surface area contributed by atoms with Crippen LogP contribution in [0.1, 0.15) is 64.5 Å². The van der Waals surface area contributed by atoms with Crippen molar-refractivity contribution < 1.29 is 13.9 Å². The molecule has 2 aromatic carbocycles. The molecule has 1 fully saturated rings. The lowest BCUT2D eigenvalue weighted by Crippen LogP contribution is -2.48. The van der Waals surface area contributed by atoms with Gasteiger partial charge in [-0.2, -0.15) is 0 Å². The van der Waals surface area contributed by atoms with Crippen LogP contribution in [0.2, 0.25) is 0 Å². The molecular formula is C29H36FN3O2S. The number of nitrogens with zero attached hydrogens (tertiary/aromatic N) is 3. The molecule has 1 saturated heterocycles. The van der Waals surface area contributed by atoms with Crippen LogP contribution < -0.4 is 4.90 Å². The summed E-state index contributed by atoms with van der Waals surface area (Å²) in [5, 5.41) is 0.583. The summed E-state index contributed by atoms with van der Waals surface area (Å²) in [6, 6.07) is 13.1. The van der Waals surface area contributed by atoms with Gasteiger partial charge in [-0.1, -0.05) is 32.0 Å². The molecule has 1 unspecified atom stereocenters. The van der Waals surface area contributed by atoms with Gasteiger partial charge >= 0.3 is 0 Å². The molecule has 0 aliphatic carbocycles. The average molecular weight is 510 g/mol. The number of para-hydroxylation sites is 1. The molecule has 2 aromatic rings. The molecule has 2 heterocycles. The van der Waals surface area contributed by atoms with Gasteiger partial charge in [0.2, 0.25) is 0 Å². The molecule has 192 valence electrons. The van der Waals surface area contributed by atoms with Gasteiger partial charge < -0.3 is 9.64 Å². The molecule has 0 aromatic heterocycles. The molecule has 1 atom stereocenters. The number of fused-ring (bicyclic) bond motifs is 1. The maximum atomic E-state index is 15.5. The number of amidine groups is 1. The first-order valence-electron chi connectivity index (χ1n) is 12.8. The van der Waals surface area contributed by atoms with Crippen LogP contribution in [0.4, 0.5) is 15.8 Å². The number of rotatable bonds is 8. The molecule has 1 amide bonds. The minimum atomic E-state index is -0.310. The standard InChI is InChI=1S/C29H36FN3O2S/c1-6-13-33-25-18-24(30)21(16-23(25)20(3)19-29(33,4)5)17-26-27(34)32(14-15-35-7-2)28(36-26)31-22-11-9-8-10-12-22/h8-12,16-18,20H,6-7,13-15,19H2,1-5H3/b26-17+,31-28?. The Bertz CT molecular complexity index is 1160. The summed E-state index contributed by atoms with van der Waals surface area (Å²) < 4.78 is 21.0. The molecule has 0 saturated carbocycles. The van der Waals surface area contributed by atoms with Gasteiger partial charge in [0.05, 0.1) is 23.7 Å². The molecule has 0 N–H and O–H groups in total. The van der Waals surface area contributed by atoms with Gasteiger partial charge in [0.25, 0.3) is 5.91 Å². The number of aliphatic imine (C=N–C) groups is 1. The van der Waals surface area contributed by atoms with E-state index in [1.165, 1.54) is 11.8 Å². The maximum absolute atomic E-state index is 15.5. The van der Waals surface area contributed by atoms with Crippen molar-refractivity contribution in [3.63, 3.8) is 0 Å². The molecule has 0 radical (unpaired) electrons. The third-order valence-corrected chi connectivity index (χ3v) is 7.78. The number of anilines is 1. The highest BCUT2D eigenvalue weighted by Crippen LogP contribution is 2.45. The second-order valence-corrected chi connectivity index (χ2v) is 11.0. The topological polar surface area (TPSA) is 45.1 Å². The number of thioether (sulfide) groups is 1. The van der Waals surface area contributed by atoms with Crippen molar-refractivity contribution >= 4 is 40.3 Å². The highest BCUT2D eigenvalue weighted by atomic mass is 32.2. The molecular weight excluding hydrogens is 473 g/mol. The van der Waals surface area contributed by atoms with Crippen LogP contribution in [-0.4, -0.2) is 47.8 Å². The van der Waals surface area contributed by atoms with Crippen LogP contribution in [0.15, 0.2) is 52.4 Å². The largest absolute Gasteiger partial charge is 0.380 e. The lowest BCUT2D eigenvalue weighted by Gasteiger charge is -2.47. The van der Waals surface area contributed by atoms with Crippen LogP contribution in [0.5, 0.6) is 0 Å². The van der Waals surface area contributed by atoms with Gasteiger partial charge in [-0.05, 0) is 87.2 Å². The fraction of sp³-hybridized carbons (Fsp3) is 0.448. The number of amides is 1. The van der Waals surface area contributed by atoms with Crippen molar-refractivity contribution in [2.75, 3.05) is 31.2 Å². The first-order chi connectivity index (χ1) is 17.2. The molecule has 0 spiro atoms. The summed E-state index contributed by atoms with van der Waals surface area (Å²) in [4.78, 5) is 22.5. The average Bonchev–Trinajstić information content (AvgIpc) is 3.12. The smallest absolute Gasteiger partial charge is 0.266 e. The van der Waals surface area contributed by atoms with E-state index in [2.05, 4.69) is 32.6 Å². The lowest BCUT2D eigenvalue weighted by molar-refractivity contribution is -0.122. The fourth-order valence-electron chi connectivity index (χ4n) is 5.12. The van der Waals surface area contributed by atoms with E-state index in [9.17, 15) is 4.79 Å². The molecule has 4 rings (SSSR count). The second-order valence-electron chi connectivity index (χ2n) is 10.00. The van der Waals surface area contributed by atoms with E-state index in [1.54, 1.807) is 17.0 Å². The van der Waals surface area contributed by atoms with Crippen LogP contribution in [0.25, 0.3) is 6.08 Å². The second kappa shape index (κ2) is 11.2. The molecule has 7 heteroatoms. The maximum Gasteiger partial charge on any atom is 0.266 e. The van der Waals surface area contributed by atoms with Crippen molar-refractivity contribution in [3.05, 3.63) is 64.3 Å². The van der Waals surface area contributed by atoms with Crippen LogP contribution in [-0.2, 0) is 9.53 Å². The third kappa shape index (κ3) is 5.52. The molecule has 36 heavy (non-hydrogen) atoms. The normalized spacial score (nSPS) is 21.5. The van der Waals surface area contributed by atoms with Crippen LogP contribution >= 0.6 is 11.8 Å². The highest BCUT2D eigenvalue weighted by molar-refractivity contribution is 8.18.